The molecule has 0 atom stereocenters. The highest BCUT2D eigenvalue weighted by atomic mass is 32.1. The van der Waals surface area contributed by atoms with Gasteiger partial charge in [-0.15, -0.1) is 11.3 Å². The maximum Gasteiger partial charge on any atom is 0.159 e. The third kappa shape index (κ3) is 4.04. The van der Waals surface area contributed by atoms with Crippen LogP contribution in [-0.2, 0) is 0 Å². The Morgan fingerprint density at radius 3 is 1.88 bits per heavy atom. The van der Waals surface area contributed by atoms with Gasteiger partial charge in [-0.3, -0.25) is 0 Å². The fraction of sp³-hybridized carbons (Fsp3) is 0.0667. The number of para-hydroxylation sites is 2. The molecule has 8 aromatic carbocycles. The van der Waals surface area contributed by atoms with Gasteiger partial charge in [-0.1, -0.05) is 105 Å². The molecule has 0 bridgehead atoms. The van der Waals surface area contributed by atoms with Crippen LogP contribution >= 0.6 is 11.3 Å². The Bertz CT molecular complexity index is 2870. The molecule has 2 heterocycles. The van der Waals surface area contributed by atoms with Gasteiger partial charge in [0.2, 0.25) is 0 Å². The topological polar surface area (TPSA) is 16.4 Å². The largest absolute Gasteiger partial charge is 0.454 e. The molecular formula is C45H31NOS. The summed E-state index contributed by atoms with van der Waals surface area (Å²) in [5.74, 6) is 0.457. The number of anilines is 3. The molecule has 0 aliphatic carbocycles. The summed E-state index contributed by atoms with van der Waals surface area (Å²) in [6.45, 7) is 4.49. The summed E-state index contributed by atoms with van der Waals surface area (Å²) < 4.78 is 9.27. The van der Waals surface area contributed by atoms with E-state index in [4.69, 9.17) is 4.42 Å². The van der Waals surface area contributed by atoms with E-state index in [-0.39, 0.29) is 0 Å². The van der Waals surface area contributed by atoms with E-state index in [9.17, 15) is 0 Å². The highest BCUT2D eigenvalue weighted by Gasteiger charge is 2.21. The molecule has 3 heteroatoms. The number of furan rings is 1. The first-order chi connectivity index (χ1) is 23.6. The van der Waals surface area contributed by atoms with Crippen LogP contribution in [0.1, 0.15) is 25.3 Å². The van der Waals surface area contributed by atoms with Crippen molar-refractivity contribution < 1.29 is 4.42 Å². The minimum Gasteiger partial charge on any atom is -0.454 e. The fourth-order valence-electron chi connectivity index (χ4n) is 7.64. The Morgan fingerprint density at radius 1 is 0.458 bits per heavy atom. The van der Waals surface area contributed by atoms with Crippen LogP contribution in [0.3, 0.4) is 0 Å². The van der Waals surface area contributed by atoms with Crippen molar-refractivity contribution in [3.05, 3.63) is 151 Å². The van der Waals surface area contributed by atoms with Crippen LogP contribution in [0, 0.1) is 0 Å². The average Bonchev–Trinajstić information content (AvgIpc) is 3.70. The van der Waals surface area contributed by atoms with Crippen molar-refractivity contribution in [1.29, 1.82) is 0 Å². The molecular weight excluding hydrogens is 603 g/mol. The summed E-state index contributed by atoms with van der Waals surface area (Å²) in [6.07, 6.45) is 0. The molecule has 10 aromatic rings. The van der Waals surface area contributed by atoms with E-state index in [1.54, 1.807) is 0 Å². The van der Waals surface area contributed by atoms with E-state index >= 15 is 0 Å². The third-order valence-electron chi connectivity index (χ3n) is 10.0. The molecule has 0 radical (unpaired) electrons. The SMILES string of the molecule is CC(C)c1ccc(N(c2ccc3c(c2)c2ccccc2c2cc4c(cc32)sc2ccccc24)c2cccc3c2oc2ccccc23)cc1. The number of hydrogen-bond acceptors (Lipinski definition) is 3. The average molecular weight is 634 g/mol. The van der Waals surface area contributed by atoms with Crippen LogP contribution in [0.4, 0.5) is 17.1 Å². The molecule has 48 heavy (non-hydrogen) atoms. The summed E-state index contributed by atoms with van der Waals surface area (Å²) >= 11 is 1.88. The molecule has 0 spiro atoms. The summed E-state index contributed by atoms with van der Waals surface area (Å²) in [7, 11) is 0. The minimum absolute atomic E-state index is 0.457. The van der Waals surface area contributed by atoms with Crippen molar-refractivity contribution in [1.82, 2.24) is 0 Å². The number of benzene rings is 8. The van der Waals surface area contributed by atoms with Gasteiger partial charge in [0.05, 0.1) is 5.69 Å². The van der Waals surface area contributed by atoms with E-state index in [2.05, 4.69) is 158 Å². The van der Waals surface area contributed by atoms with Crippen molar-refractivity contribution in [3.8, 4) is 0 Å². The molecule has 0 saturated heterocycles. The lowest BCUT2D eigenvalue weighted by Crippen LogP contribution is -2.10. The first-order valence-electron chi connectivity index (χ1n) is 16.6. The number of nitrogens with zero attached hydrogens (tertiary/aromatic N) is 1. The Labute approximate surface area is 282 Å². The Balaban J connectivity index is 1.27. The van der Waals surface area contributed by atoms with Crippen LogP contribution in [0.5, 0.6) is 0 Å². The van der Waals surface area contributed by atoms with Crippen LogP contribution < -0.4 is 4.90 Å². The van der Waals surface area contributed by atoms with Crippen molar-refractivity contribution in [2.24, 2.45) is 0 Å². The molecule has 0 amide bonds. The van der Waals surface area contributed by atoms with Gasteiger partial charge in [-0.05, 0) is 98.4 Å². The molecule has 228 valence electrons. The minimum atomic E-state index is 0.457. The second-order valence-corrected chi connectivity index (χ2v) is 14.2. The Kier molecular flexibility index (Phi) is 5.97. The predicted octanol–water partition coefficient (Wildman–Crippen LogP) is 14.0. The van der Waals surface area contributed by atoms with E-state index < -0.39 is 0 Å². The molecule has 0 unspecified atom stereocenters. The van der Waals surface area contributed by atoms with E-state index in [1.165, 1.54) is 58.1 Å². The molecule has 0 aliphatic rings. The van der Waals surface area contributed by atoms with E-state index in [0.717, 1.165) is 39.0 Å². The van der Waals surface area contributed by atoms with E-state index in [1.807, 2.05) is 17.4 Å². The maximum atomic E-state index is 6.61. The number of rotatable bonds is 4. The summed E-state index contributed by atoms with van der Waals surface area (Å²) in [4.78, 5) is 2.36. The predicted molar refractivity (Wildman–Crippen MR) is 208 cm³/mol. The van der Waals surface area contributed by atoms with Gasteiger partial charge in [-0.25, -0.2) is 0 Å². The number of fused-ring (bicyclic) bond motifs is 12. The van der Waals surface area contributed by atoms with Crippen LogP contribution in [0.15, 0.2) is 150 Å². The third-order valence-corrected chi connectivity index (χ3v) is 11.2. The van der Waals surface area contributed by atoms with Crippen molar-refractivity contribution in [2.45, 2.75) is 19.8 Å². The lowest BCUT2D eigenvalue weighted by Gasteiger charge is -2.26. The second kappa shape index (κ2) is 10.4. The van der Waals surface area contributed by atoms with Crippen molar-refractivity contribution in [2.75, 3.05) is 4.90 Å². The highest BCUT2D eigenvalue weighted by Crippen LogP contribution is 2.46. The van der Waals surface area contributed by atoms with Gasteiger partial charge in [0.1, 0.15) is 5.58 Å². The normalized spacial score (nSPS) is 12.1. The van der Waals surface area contributed by atoms with Crippen molar-refractivity contribution >= 4 is 103 Å². The van der Waals surface area contributed by atoms with Gasteiger partial charge < -0.3 is 9.32 Å². The van der Waals surface area contributed by atoms with E-state index in [0.29, 0.717) is 5.92 Å². The fourth-order valence-corrected chi connectivity index (χ4v) is 8.77. The van der Waals surface area contributed by atoms with Gasteiger partial charge in [0, 0.05) is 42.3 Å². The number of hydrogen-bond donors (Lipinski definition) is 0. The zero-order valence-corrected chi connectivity index (χ0v) is 27.5. The monoisotopic (exact) mass is 633 g/mol. The molecule has 0 N–H and O–H groups in total. The van der Waals surface area contributed by atoms with Gasteiger partial charge in [0.25, 0.3) is 0 Å². The Hall–Kier alpha value is -5.64. The highest BCUT2D eigenvalue weighted by molar-refractivity contribution is 7.25. The molecule has 0 aliphatic heterocycles. The van der Waals surface area contributed by atoms with Crippen LogP contribution in [-0.4, -0.2) is 0 Å². The molecule has 0 saturated carbocycles. The summed E-state index contributed by atoms with van der Waals surface area (Å²) in [5.41, 5.74) is 6.34. The zero-order valence-electron chi connectivity index (χ0n) is 26.7. The van der Waals surface area contributed by atoms with Crippen LogP contribution in [0.25, 0.3) is 74.4 Å². The summed E-state index contributed by atoms with van der Waals surface area (Å²) in [6, 6.07) is 53.3. The first-order valence-corrected chi connectivity index (χ1v) is 17.4. The molecule has 2 nitrogen and oxygen atoms in total. The summed E-state index contributed by atoms with van der Waals surface area (Å²) in [5, 5.41) is 12.6. The van der Waals surface area contributed by atoms with Gasteiger partial charge >= 0.3 is 0 Å². The maximum absolute atomic E-state index is 6.61. The molecule has 2 aromatic heterocycles. The van der Waals surface area contributed by atoms with Gasteiger partial charge in [0.15, 0.2) is 5.58 Å². The first kappa shape index (κ1) is 27.5. The lowest BCUT2D eigenvalue weighted by atomic mass is 9.93. The smallest absolute Gasteiger partial charge is 0.159 e. The lowest BCUT2D eigenvalue weighted by molar-refractivity contribution is 0.669. The van der Waals surface area contributed by atoms with Gasteiger partial charge in [-0.2, -0.15) is 0 Å². The zero-order chi connectivity index (χ0) is 31.9. The number of thiophene rings is 1. The van der Waals surface area contributed by atoms with Crippen LogP contribution in [0.2, 0.25) is 0 Å². The second-order valence-electron chi connectivity index (χ2n) is 13.1. The molecule has 0 fully saturated rings. The standard InChI is InChI=1S/C45H31NOS/c1-27(2)28-18-20-29(21-19-28)46(41-15-9-14-36-34-12-5-7-16-42(34)47-45(36)41)30-22-23-33-37(24-30)31-10-3-4-11-32(31)38-25-40-35-13-6-8-17-43(35)48-44(40)26-39(33)38/h3-27H,1-2H3. The van der Waals surface area contributed by atoms with Crippen molar-refractivity contribution in [3.63, 3.8) is 0 Å². The molecule has 10 rings (SSSR count). The quantitative estimate of drug-likeness (QED) is 0.179. The Morgan fingerprint density at radius 2 is 1.08 bits per heavy atom.